The Bertz CT molecular complexity index is 1260. The summed E-state index contributed by atoms with van der Waals surface area (Å²) in [6.07, 6.45) is 1.53. The predicted octanol–water partition coefficient (Wildman–Crippen LogP) is 1.56. The summed E-state index contributed by atoms with van der Waals surface area (Å²) in [6, 6.07) is 6.11. The number of aromatic nitrogens is 1. The van der Waals surface area contributed by atoms with Gasteiger partial charge in [-0.05, 0) is 17.2 Å². The monoisotopic (exact) mass is 562 g/mol. The first-order chi connectivity index (χ1) is 17.8. The van der Waals surface area contributed by atoms with Gasteiger partial charge >= 0.3 is 11.9 Å². The molecule has 14 heteroatoms. The van der Waals surface area contributed by atoms with Crippen molar-refractivity contribution in [3.8, 4) is 0 Å². The van der Waals surface area contributed by atoms with Gasteiger partial charge in [0.05, 0.1) is 6.42 Å². The number of hydrogen-bond acceptors (Lipinski definition) is 12. The Balaban J connectivity index is 1.47. The van der Waals surface area contributed by atoms with Gasteiger partial charge in [0.2, 0.25) is 17.8 Å². The van der Waals surface area contributed by atoms with Crippen LogP contribution in [0.15, 0.2) is 47.1 Å². The first-order valence-electron chi connectivity index (χ1n) is 10.9. The molecule has 2 aromatic rings. The van der Waals surface area contributed by atoms with E-state index in [0.717, 1.165) is 11.8 Å². The van der Waals surface area contributed by atoms with Crippen LogP contribution in [0.25, 0.3) is 0 Å². The van der Waals surface area contributed by atoms with E-state index in [4.69, 9.17) is 10.5 Å². The van der Waals surface area contributed by atoms with Crippen LogP contribution in [0.5, 0.6) is 0 Å². The average Bonchev–Trinajstić information content (AvgIpc) is 3.41. The van der Waals surface area contributed by atoms with Gasteiger partial charge in [-0.3, -0.25) is 24.1 Å². The van der Waals surface area contributed by atoms with E-state index in [-0.39, 0.29) is 28.9 Å². The van der Waals surface area contributed by atoms with Gasteiger partial charge in [-0.15, -0.1) is 23.1 Å². The fraction of sp³-hybridized carbons (Fsp3) is 0.304. The van der Waals surface area contributed by atoms with Crippen LogP contribution in [0.2, 0.25) is 0 Å². The van der Waals surface area contributed by atoms with Gasteiger partial charge in [0, 0.05) is 35.7 Å². The molecule has 1 fully saturated rings. The summed E-state index contributed by atoms with van der Waals surface area (Å²) >= 11 is 3.52. The van der Waals surface area contributed by atoms with Gasteiger partial charge in [0.15, 0.2) is 5.01 Å². The van der Waals surface area contributed by atoms with E-state index in [9.17, 15) is 24.0 Å². The fourth-order valence-electron chi connectivity index (χ4n) is 3.65. The summed E-state index contributed by atoms with van der Waals surface area (Å²) in [5, 5.41) is 3.94. The van der Waals surface area contributed by atoms with E-state index in [1.54, 1.807) is 29.6 Å². The lowest BCUT2D eigenvalue weighted by Gasteiger charge is -2.49. The lowest BCUT2D eigenvalue weighted by atomic mass is 10.0. The predicted molar refractivity (Wildman–Crippen MR) is 138 cm³/mol. The maximum Gasteiger partial charge on any atom is 0.357 e. The number of nitrogens with two attached hydrogens (primary N) is 1. The van der Waals surface area contributed by atoms with E-state index in [1.807, 2.05) is 0 Å². The normalized spacial score (nSPS) is 18.5. The second kappa shape index (κ2) is 11.8. The van der Waals surface area contributed by atoms with Crippen molar-refractivity contribution in [1.82, 2.24) is 15.2 Å². The Kier molecular flexibility index (Phi) is 8.51. The third-order valence-corrected chi connectivity index (χ3v) is 8.59. The summed E-state index contributed by atoms with van der Waals surface area (Å²) < 4.78 is 9.75. The first-order valence-corrected chi connectivity index (χ1v) is 13.8. The Morgan fingerprint density at radius 3 is 2.73 bits per heavy atom. The summed E-state index contributed by atoms with van der Waals surface area (Å²) in [5.41, 5.74) is 7.52. The number of nitrogen functional groups attached to an aromatic ring is 1. The molecular weight excluding hydrogens is 540 g/mol. The molecule has 2 aliphatic heterocycles. The summed E-state index contributed by atoms with van der Waals surface area (Å²) in [6.45, 7) is 0.552. The largest absolute Gasteiger partial charge is 0.428 e. The highest BCUT2D eigenvalue weighted by atomic mass is 32.2. The molecule has 0 radical (unpaired) electrons. The van der Waals surface area contributed by atoms with Crippen LogP contribution in [0, 0.1) is 0 Å². The van der Waals surface area contributed by atoms with Crippen molar-refractivity contribution >= 4 is 69.4 Å². The Hall–Kier alpha value is -3.36. The molecule has 0 spiro atoms. The number of nitrogens with one attached hydrogen (secondary N) is 1. The zero-order chi connectivity index (χ0) is 26.5. The third kappa shape index (κ3) is 6.14. The lowest BCUT2D eigenvalue weighted by molar-refractivity contribution is -0.166. The van der Waals surface area contributed by atoms with Crippen LogP contribution in [0.3, 0.4) is 0 Å². The number of ether oxygens (including phenoxy) is 2. The highest BCUT2D eigenvalue weighted by Crippen LogP contribution is 2.41. The molecule has 1 aromatic carbocycles. The molecule has 4 rings (SSSR count). The Morgan fingerprint density at radius 1 is 1.24 bits per heavy atom. The molecule has 1 saturated heterocycles. The van der Waals surface area contributed by atoms with Crippen LogP contribution < -0.4 is 11.1 Å². The molecule has 0 saturated carbocycles. The molecule has 2 aliphatic rings. The number of rotatable bonds is 9. The van der Waals surface area contributed by atoms with Gasteiger partial charge < -0.3 is 20.5 Å². The van der Waals surface area contributed by atoms with Gasteiger partial charge in [-0.1, -0.05) is 30.0 Å². The van der Waals surface area contributed by atoms with Gasteiger partial charge in [-0.25, -0.2) is 9.78 Å². The molecule has 3 N–H and O–H groups in total. The molecule has 37 heavy (non-hydrogen) atoms. The van der Waals surface area contributed by atoms with Crippen molar-refractivity contribution in [3.63, 3.8) is 0 Å². The van der Waals surface area contributed by atoms with Crippen LogP contribution in [0.1, 0.15) is 22.3 Å². The van der Waals surface area contributed by atoms with E-state index in [2.05, 4.69) is 15.0 Å². The zero-order valence-electron chi connectivity index (χ0n) is 19.5. The third-order valence-electron chi connectivity index (χ3n) is 5.40. The topological polar surface area (TPSA) is 158 Å². The first kappa shape index (κ1) is 26.7. The molecular formula is C23H22N4O7S3. The maximum absolute atomic E-state index is 13.1. The number of thiazole rings is 1. The minimum atomic E-state index is -0.862. The average molecular weight is 563 g/mol. The number of carbonyl (C=O) groups excluding carboxylic acids is 5. The highest BCUT2D eigenvalue weighted by Gasteiger charge is 2.54. The van der Waals surface area contributed by atoms with Crippen molar-refractivity contribution in [1.29, 1.82) is 0 Å². The Morgan fingerprint density at radius 2 is 2.03 bits per heavy atom. The minimum Gasteiger partial charge on any atom is -0.428 e. The number of fused-ring (bicyclic) bond motifs is 1. The summed E-state index contributed by atoms with van der Waals surface area (Å²) in [4.78, 5) is 67.3. The number of esters is 2. The van der Waals surface area contributed by atoms with Crippen molar-refractivity contribution in [2.24, 2.45) is 0 Å². The standard InChI is InChI=1S/C23H22N4O7S3/c1-12(28)33-11-34-22(31)18-14(10-37-23(32)19-25-6-7-35-19)9-36-21-17(20(30)27(18)21)26-16(29)8-13-4-2-3-5-15(13)24/h2-7,17,21H,8-11,24H2,1H3,(H,26,29)/t17?,21-/m1/s1. The molecule has 2 amide bonds. The number of thioether (sulfide) groups is 2. The molecule has 3 heterocycles. The van der Waals surface area contributed by atoms with E-state index < -0.39 is 36.1 Å². The van der Waals surface area contributed by atoms with Crippen molar-refractivity contribution < 1.29 is 33.4 Å². The van der Waals surface area contributed by atoms with E-state index in [1.165, 1.54) is 41.1 Å². The molecule has 0 bridgehead atoms. The number of para-hydroxylation sites is 1. The zero-order valence-corrected chi connectivity index (χ0v) is 22.0. The molecule has 1 aromatic heterocycles. The highest BCUT2D eigenvalue weighted by molar-refractivity contribution is 8.14. The van der Waals surface area contributed by atoms with Crippen LogP contribution >= 0.6 is 34.9 Å². The van der Waals surface area contributed by atoms with Crippen LogP contribution in [0.4, 0.5) is 5.69 Å². The summed E-state index contributed by atoms with van der Waals surface area (Å²) in [5.74, 6) is -1.91. The number of hydrogen-bond donors (Lipinski definition) is 2. The lowest BCUT2D eigenvalue weighted by Crippen LogP contribution is -2.70. The van der Waals surface area contributed by atoms with Gasteiger partial charge in [0.1, 0.15) is 17.1 Å². The number of anilines is 1. The summed E-state index contributed by atoms with van der Waals surface area (Å²) in [7, 11) is 0. The van der Waals surface area contributed by atoms with Crippen LogP contribution in [-0.2, 0) is 35.1 Å². The smallest absolute Gasteiger partial charge is 0.357 e. The Labute approximate surface area is 224 Å². The molecule has 11 nitrogen and oxygen atoms in total. The van der Waals surface area contributed by atoms with Gasteiger partial charge in [-0.2, -0.15) is 0 Å². The second-order valence-electron chi connectivity index (χ2n) is 7.88. The molecule has 1 unspecified atom stereocenters. The molecule has 194 valence electrons. The van der Waals surface area contributed by atoms with Crippen molar-refractivity contribution in [3.05, 3.63) is 57.7 Å². The molecule has 0 aliphatic carbocycles. The quantitative estimate of drug-likeness (QED) is 0.198. The maximum atomic E-state index is 13.1. The van der Waals surface area contributed by atoms with E-state index in [0.29, 0.717) is 27.6 Å². The number of nitrogens with zero attached hydrogens (tertiary/aromatic N) is 2. The molecule has 2 atom stereocenters. The number of carbonyl (C=O) groups is 5. The van der Waals surface area contributed by atoms with Crippen LogP contribution in [-0.4, -0.2) is 68.5 Å². The van der Waals surface area contributed by atoms with Gasteiger partial charge in [0.25, 0.3) is 5.91 Å². The van der Waals surface area contributed by atoms with Crippen molar-refractivity contribution in [2.45, 2.75) is 24.8 Å². The number of amides is 2. The van der Waals surface area contributed by atoms with E-state index >= 15 is 0 Å². The second-order valence-corrected chi connectivity index (χ2v) is 10.8. The fourth-order valence-corrected chi connectivity index (χ4v) is 6.63. The number of benzene rings is 1. The van der Waals surface area contributed by atoms with Crippen molar-refractivity contribution in [2.75, 3.05) is 24.0 Å². The SMILES string of the molecule is CC(=O)OCOC(=O)C1=C(CSC(=O)c2nccs2)CS[C@@H]2C(NC(=O)Cc3ccccc3N)C(=O)N12. The minimum absolute atomic E-state index is 0.00171. The number of β-lactam (4-membered cyclic amide) rings is 1.